The summed E-state index contributed by atoms with van der Waals surface area (Å²) in [5.74, 6) is 2.42. The van der Waals surface area contributed by atoms with Crippen molar-refractivity contribution in [3.05, 3.63) is 103 Å². The summed E-state index contributed by atoms with van der Waals surface area (Å²) in [6, 6.07) is 19.8. The zero-order valence-electron chi connectivity index (χ0n) is 31.5. The van der Waals surface area contributed by atoms with Crippen LogP contribution in [0.2, 0.25) is 0 Å². The van der Waals surface area contributed by atoms with Crippen LogP contribution < -0.4 is 10.6 Å². The summed E-state index contributed by atoms with van der Waals surface area (Å²) < 4.78 is 4.76. The highest BCUT2D eigenvalue weighted by Gasteiger charge is 2.52. The molecule has 2 unspecified atom stereocenters. The Hall–Kier alpha value is -5.78. The second-order valence-electron chi connectivity index (χ2n) is 15.5. The molecule has 2 aliphatic carbocycles. The molecule has 2 bridgehead atoms. The first-order valence-electron chi connectivity index (χ1n) is 19.4. The minimum atomic E-state index is -0.676. The zero-order valence-corrected chi connectivity index (χ0v) is 31.5. The lowest BCUT2D eigenvalue weighted by atomic mass is 9.78. The molecule has 2 aromatic carbocycles. The molecule has 55 heavy (non-hydrogen) atoms. The quantitative estimate of drug-likeness (QED) is 0.113. The number of carbonyl (C=O) groups is 3. The van der Waals surface area contributed by atoms with Gasteiger partial charge in [-0.25, -0.2) is 14.8 Å². The van der Waals surface area contributed by atoms with Gasteiger partial charge in [-0.05, 0) is 83.7 Å². The number of alkyl carbamates (subject to hydrolysis) is 1. The number of likely N-dealkylation sites (tertiary alicyclic amines) is 1. The van der Waals surface area contributed by atoms with E-state index < -0.39 is 12.1 Å². The third-order valence-corrected chi connectivity index (χ3v) is 11.9. The lowest BCUT2D eigenvalue weighted by Gasteiger charge is -2.30. The van der Waals surface area contributed by atoms with Crippen molar-refractivity contribution in [1.29, 1.82) is 0 Å². The molecule has 4 heterocycles. The lowest BCUT2D eigenvalue weighted by Crippen LogP contribution is -2.51. The molecule has 12 nitrogen and oxygen atoms in total. The number of H-pyrrole nitrogens is 2. The Morgan fingerprint density at radius 3 is 2.11 bits per heavy atom. The van der Waals surface area contributed by atoms with Gasteiger partial charge in [0, 0.05) is 31.4 Å². The summed E-state index contributed by atoms with van der Waals surface area (Å²) in [6.07, 6.45) is 11.6. The molecule has 1 saturated heterocycles. The van der Waals surface area contributed by atoms with E-state index in [9.17, 15) is 14.4 Å². The van der Waals surface area contributed by atoms with Gasteiger partial charge in [0.1, 0.15) is 17.7 Å². The van der Waals surface area contributed by atoms with Gasteiger partial charge in [-0.1, -0.05) is 68.4 Å². The SMILES string of the molecule is COC(=O)NC(C(=O)N1CCC[C@H]1c1ncc(-c2ccc(-c3ccc(-c4cnc(C5[C@H]6CC[C@H](C6)[C@H]5C(=O)NCc5cccnc5)[nH]4)cc3)cc2)[nH]1)C(C)C. The molecule has 5 aromatic rings. The first-order valence-corrected chi connectivity index (χ1v) is 19.4. The maximum atomic E-state index is 13.5. The number of rotatable bonds is 11. The second kappa shape index (κ2) is 15.5. The van der Waals surface area contributed by atoms with Crippen molar-refractivity contribution in [2.45, 2.75) is 70.5 Å². The number of benzene rings is 2. The minimum absolute atomic E-state index is 0.0750. The van der Waals surface area contributed by atoms with Crippen molar-refractivity contribution in [3.8, 4) is 33.6 Å². The van der Waals surface area contributed by atoms with E-state index in [1.54, 1.807) is 12.4 Å². The van der Waals surface area contributed by atoms with E-state index in [2.05, 4.69) is 79.1 Å². The highest BCUT2D eigenvalue weighted by molar-refractivity contribution is 5.86. The normalized spacial score (nSPS) is 22.2. The van der Waals surface area contributed by atoms with Crippen LogP contribution in [-0.4, -0.2) is 67.4 Å². The van der Waals surface area contributed by atoms with Crippen LogP contribution in [0.15, 0.2) is 85.5 Å². The van der Waals surface area contributed by atoms with Gasteiger partial charge in [-0.3, -0.25) is 14.6 Å². The molecule has 284 valence electrons. The number of fused-ring (bicyclic) bond motifs is 2. The molecule has 3 aliphatic rings. The van der Waals surface area contributed by atoms with Crippen LogP contribution in [0.25, 0.3) is 33.6 Å². The molecular weight excluding hydrogens is 693 g/mol. The third kappa shape index (κ3) is 7.37. The van der Waals surface area contributed by atoms with Crippen molar-refractivity contribution in [2.24, 2.45) is 23.7 Å². The van der Waals surface area contributed by atoms with Crippen molar-refractivity contribution in [2.75, 3.05) is 13.7 Å². The summed E-state index contributed by atoms with van der Waals surface area (Å²) in [5.41, 5.74) is 7.06. The maximum absolute atomic E-state index is 13.5. The van der Waals surface area contributed by atoms with E-state index >= 15 is 0 Å². The number of aromatic nitrogens is 5. The molecule has 12 heteroatoms. The Kier molecular flexibility index (Phi) is 10.2. The van der Waals surface area contributed by atoms with Crippen molar-refractivity contribution in [3.63, 3.8) is 0 Å². The Balaban J connectivity index is 0.918. The lowest BCUT2D eigenvalue weighted by molar-refractivity contribution is -0.135. The second-order valence-corrected chi connectivity index (χ2v) is 15.5. The van der Waals surface area contributed by atoms with Crippen LogP contribution in [0.1, 0.15) is 75.1 Å². The van der Waals surface area contributed by atoms with E-state index in [-0.39, 0.29) is 35.6 Å². The number of carbonyl (C=O) groups excluding carboxylic acids is 3. The van der Waals surface area contributed by atoms with Gasteiger partial charge in [-0.2, -0.15) is 0 Å². The number of ether oxygens (including phenoxy) is 1. The Morgan fingerprint density at radius 2 is 1.47 bits per heavy atom. The van der Waals surface area contributed by atoms with Gasteiger partial charge >= 0.3 is 6.09 Å². The zero-order chi connectivity index (χ0) is 38.1. The van der Waals surface area contributed by atoms with Crippen LogP contribution in [-0.2, 0) is 20.9 Å². The molecule has 0 radical (unpaired) electrons. The predicted molar refractivity (Wildman–Crippen MR) is 208 cm³/mol. The Labute approximate surface area is 320 Å². The molecular formula is C43H48N8O4. The fraction of sp³-hybridized carbons (Fsp3) is 0.395. The summed E-state index contributed by atoms with van der Waals surface area (Å²) in [7, 11) is 1.30. The van der Waals surface area contributed by atoms with Gasteiger partial charge < -0.3 is 30.2 Å². The summed E-state index contributed by atoms with van der Waals surface area (Å²) in [6.45, 7) is 4.91. The number of methoxy groups -OCH3 is 1. The van der Waals surface area contributed by atoms with E-state index in [1.807, 2.05) is 43.3 Å². The number of hydrogen-bond donors (Lipinski definition) is 4. The maximum Gasteiger partial charge on any atom is 0.407 e. The van der Waals surface area contributed by atoms with E-state index in [4.69, 9.17) is 9.72 Å². The van der Waals surface area contributed by atoms with Gasteiger partial charge in [0.25, 0.3) is 0 Å². The number of nitrogens with one attached hydrogen (secondary N) is 4. The van der Waals surface area contributed by atoms with Crippen LogP contribution in [0.4, 0.5) is 4.79 Å². The molecule has 1 aliphatic heterocycles. The number of amides is 3. The predicted octanol–water partition coefficient (Wildman–Crippen LogP) is 7.02. The van der Waals surface area contributed by atoms with Gasteiger partial charge in [0.05, 0.1) is 42.9 Å². The number of nitrogens with zero attached hydrogens (tertiary/aromatic N) is 4. The smallest absolute Gasteiger partial charge is 0.407 e. The topological polar surface area (TPSA) is 158 Å². The van der Waals surface area contributed by atoms with Gasteiger partial charge in [0.15, 0.2) is 0 Å². The molecule has 3 fully saturated rings. The fourth-order valence-electron chi connectivity index (χ4n) is 9.05. The summed E-state index contributed by atoms with van der Waals surface area (Å²) in [5, 5.41) is 5.88. The minimum Gasteiger partial charge on any atom is -0.453 e. The monoisotopic (exact) mass is 740 g/mol. The molecule has 0 spiro atoms. The van der Waals surface area contributed by atoms with Gasteiger partial charge in [-0.15, -0.1) is 0 Å². The molecule has 2 saturated carbocycles. The number of hydrogen-bond acceptors (Lipinski definition) is 7. The highest BCUT2D eigenvalue weighted by Crippen LogP contribution is 2.56. The van der Waals surface area contributed by atoms with E-state index in [0.717, 1.165) is 83.0 Å². The van der Waals surface area contributed by atoms with Gasteiger partial charge in [0.2, 0.25) is 11.8 Å². The Bertz CT molecular complexity index is 2130. The first-order chi connectivity index (χ1) is 26.8. The first kappa shape index (κ1) is 36.2. The van der Waals surface area contributed by atoms with Crippen molar-refractivity contribution < 1.29 is 19.1 Å². The molecule has 4 N–H and O–H groups in total. The molecule has 6 atom stereocenters. The van der Waals surface area contributed by atoms with Crippen LogP contribution >= 0.6 is 0 Å². The summed E-state index contributed by atoms with van der Waals surface area (Å²) in [4.78, 5) is 61.6. The summed E-state index contributed by atoms with van der Waals surface area (Å²) >= 11 is 0. The third-order valence-electron chi connectivity index (χ3n) is 11.9. The van der Waals surface area contributed by atoms with Crippen molar-refractivity contribution >= 4 is 17.9 Å². The van der Waals surface area contributed by atoms with Crippen LogP contribution in [0.3, 0.4) is 0 Å². The average molecular weight is 741 g/mol. The van der Waals surface area contributed by atoms with Crippen LogP contribution in [0.5, 0.6) is 0 Å². The van der Waals surface area contributed by atoms with Crippen molar-refractivity contribution in [1.82, 2.24) is 40.5 Å². The average Bonchev–Trinajstić information content (AvgIpc) is 4.07. The molecule has 8 rings (SSSR count). The fourth-order valence-corrected chi connectivity index (χ4v) is 9.05. The van der Waals surface area contributed by atoms with Crippen LogP contribution in [0, 0.1) is 23.7 Å². The number of aromatic amines is 2. The molecule has 3 amide bonds. The largest absolute Gasteiger partial charge is 0.453 e. The molecule has 3 aromatic heterocycles. The van der Waals surface area contributed by atoms with E-state index in [1.165, 1.54) is 7.11 Å². The number of pyridine rings is 1. The Morgan fingerprint density at radius 1 is 0.836 bits per heavy atom. The van der Waals surface area contributed by atoms with E-state index in [0.29, 0.717) is 24.9 Å². The number of imidazole rings is 2. The standard InChI is InChI=1S/C43H48N8O4/c1-25(2)38(50-43(54)55-3)42(53)51-19-5-7-35(51)39-45-23-33(48-39)29-12-8-27(9-13-29)28-10-14-30(15-11-28)34-24-46-40(49-34)36-31-16-17-32(20-31)37(36)41(52)47-22-26-6-4-18-44-21-26/h4,6,8-15,18,21,23-25,31-32,35-38H,5,7,16-17,19-20,22H2,1-3H3,(H,45,48)(H,46,49)(H,47,52)(H,50,54)/t31-,32+,35-,36?,37+,38?/m0/s1. The highest BCUT2D eigenvalue weighted by atomic mass is 16.5.